The lowest BCUT2D eigenvalue weighted by Gasteiger charge is -2.37. The molecule has 0 saturated carbocycles. The minimum Gasteiger partial charge on any atom is -0.338 e. The van der Waals surface area contributed by atoms with Crippen LogP contribution in [-0.4, -0.2) is 78.8 Å². The van der Waals surface area contributed by atoms with Crippen molar-refractivity contribution in [2.24, 2.45) is 0 Å². The Bertz CT molecular complexity index is 1020. The molecule has 1 unspecified atom stereocenters. The molecule has 1 amide bonds. The third-order valence-electron chi connectivity index (χ3n) is 6.13. The quantitative estimate of drug-likeness (QED) is 0.705. The minimum atomic E-state index is -3.54. The summed E-state index contributed by atoms with van der Waals surface area (Å²) >= 11 is 0. The molecule has 172 valence electrons. The first-order valence-corrected chi connectivity index (χ1v) is 12.6. The van der Waals surface area contributed by atoms with Crippen LogP contribution >= 0.6 is 0 Å². The van der Waals surface area contributed by atoms with E-state index >= 15 is 0 Å². The summed E-state index contributed by atoms with van der Waals surface area (Å²) in [6.07, 6.45) is 6.29. The number of piperazine rings is 1. The monoisotopic (exact) mass is 458 g/mol. The van der Waals surface area contributed by atoms with E-state index < -0.39 is 10.0 Å². The maximum atomic E-state index is 12.9. The molecule has 4 rings (SSSR count). The molecule has 32 heavy (non-hydrogen) atoms. The van der Waals surface area contributed by atoms with Gasteiger partial charge in [-0.15, -0.1) is 0 Å². The van der Waals surface area contributed by atoms with Gasteiger partial charge in [0, 0.05) is 57.3 Å². The molecule has 2 fully saturated rings. The van der Waals surface area contributed by atoms with Crippen LogP contribution < -0.4 is 10.2 Å². The Balaban J connectivity index is 1.36. The van der Waals surface area contributed by atoms with Crippen LogP contribution in [-0.2, 0) is 14.8 Å². The summed E-state index contributed by atoms with van der Waals surface area (Å²) in [6, 6.07) is 8.00. The van der Waals surface area contributed by atoms with Crippen LogP contribution in [0.1, 0.15) is 26.2 Å². The van der Waals surface area contributed by atoms with Crippen molar-refractivity contribution in [2.45, 2.75) is 37.1 Å². The Morgan fingerprint density at radius 3 is 2.34 bits per heavy atom. The molecule has 9 nitrogen and oxygen atoms in total. The van der Waals surface area contributed by atoms with Gasteiger partial charge in [-0.3, -0.25) is 9.69 Å². The van der Waals surface area contributed by atoms with Crippen molar-refractivity contribution in [1.29, 1.82) is 0 Å². The van der Waals surface area contributed by atoms with E-state index in [0.29, 0.717) is 24.7 Å². The average Bonchev–Trinajstić information content (AvgIpc) is 2.85. The fraction of sp³-hybridized carbons (Fsp3) is 0.500. The smallest absolute Gasteiger partial charge is 0.243 e. The number of aromatic nitrogens is 2. The summed E-state index contributed by atoms with van der Waals surface area (Å²) in [6.45, 7) is 5.90. The summed E-state index contributed by atoms with van der Waals surface area (Å²) in [4.78, 5) is 25.9. The summed E-state index contributed by atoms with van der Waals surface area (Å²) in [5, 5.41) is 2.90. The van der Waals surface area contributed by atoms with E-state index in [1.807, 2.05) is 6.92 Å². The summed E-state index contributed by atoms with van der Waals surface area (Å²) in [5.41, 5.74) is 0.497. The second-order valence-electron chi connectivity index (χ2n) is 8.23. The molecule has 0 spiro atoms. The highest BCUT2D eigenvalue weighted by Crippen LogP contribution is 2.23. The van der Waals surface area contributed by atoms with Gasteiger partial charge >= 0.3 is 0 Å². The van der Waals surface area contributed by atoms with Gasteiger partial charge in [-0.25, -0.2) is 18.4 Å². The van der Waals surface area contributed by atoms with E-state index in [1.54, 1.807) is 42.7 Å². The van der Waals surface area contributed by atoms with Crippen LogP contribution in [0, 0.1) is 0 Å². The summed E-state index contributed by atoms with van der Waals surface area (Å²) in [7, 11) is -3.54. The number of carbonyl (C=O) groups excluding carboxylic acids is 1. The number of hydrogen-bond acceptors (Lipinski definition) is 7. The minimum absolute atomic E-state index is 0.151. The van der Waals surface area contributed by atoms with Crippen LogP contribution in [0.25, 0.3) is 0 Å². The van der Waals surface area contributed by atoms with Crippen molar-refractivity contribution < 1.29 is 13.2 Å². The van der Waals surface area contributed by atoms with Crippen molar-refractivity contribution in [2.75, 3.05) is 49.5 Å². The lowest BCUT2D eigenvalue weighted by Crippen LogP contribution is -2.53. The Morgan fingerprint density at radius 1 is 0.969 bits per heavy atom. The van der Waals surface area contributed by atoms with Gasteiger partial charge in [-0.2, -0.15) is 4.31 Å². The summed E-state index contributed by atoms with van der Waals surface area (Å²) in [5.74, 6) is 0.554. The maximum Gasteiger partial charge on any atom is 0.243 e. The molecule has 1 N–H and O–H groups in total. The van der Waals surface area contributed by atoms with Crippen molar-refractivity contribution >= 4 is 27.6 Å². The average molecular weight is 459 g/mol. The Hall–Kier alpha value is -2.56. The fourth-order valence-corrected chi connectivity index (χ4v) is 5.73. The number of nitrogens with one attached hydrogen (secondary N) is 1. The number of hydrogen-bond donors (Lipinski definition) is 1. The van der Waals surface area contributed by atoms with Gasteiger partial charge < -0.3 is 10.2 Å². The molecular formula is C22H30N6O3S. The molecule has 1 aromatic heterocycles. The molecule has 0 radical (unpaired) electrons. The third-order valence-corrected chi connectivity index (χ3v) is 8.03. The van der Waals surface area contributed by atoms with Crippen LogP contribution in [0.3, 0.4) is 0 Å². The Morgan fingerprint density at radius 2 is 1.66 bits per heavy atom. The number of nitrogens with zero attached hydrogens (tertiary/aromatic N) is 5. The second-order valence-corrected chi connectivity index (χ2v) is 10.2. The van der Waals surface area contributed by atoms with E-state index in [2.05, 4.69) is 25.1 Å². The van der Waals surface area contributed by atoms with Crippen LogP contribution in [0.15, 0.2) is 47.6 Å². The number of carbonyl (C=O) groups is 1. The molecule has 1 atom stereocenters. The highest BCUT2D eigenvalue weighted by atomic mass is 32.2. The number of sulfonamides is 1. The van der Waals surface area contributed by atoms with Gasteiger partial charge in [0.2, 0.25) is 21.9 Å². The molecule has 2 aliphatic rings. The first-order valence-electron chi connectivity index (χ1n) is 11.1. The standard InChI is InChI=1S/C22H30N6O3S/c1-18(26-13-15-27(16-14-26)22-23-9-6-10-24-22)21(29)25-19-7-5-8-20(17-19)32(30,31)28-11-3-2-4-12-28/h5-10,17-18H,2-4,11-16H2,1H3,(H,25,29). The molecule has 3 heterocycles. The molecule has 0 aliphatic carbocycles. The van der Waals surface area contributed by atoms with Crippen LogP contribution in [0.4, 0.5) is 11.6 Å². The highest BCUT2D eigenvalue weighted by molar-refractivity contribution is 7.89. The van der Waals surface area contributed by atoms with Gasteiger partial charge in [-0.05, 0) is 44.0 Å². The lowest BCUT2D eigenvalue weighted by molar-refractivity contribution is -0.120. The molecule has 0 bridgehead atoms. The number of rotatable bonds is 6. The Kier molecular flexibility index (Phi) is 7.02. The first-order chi connectivity index (χ1) is 15.4. The van der Waals surface area contributed by atoms with Crippen molar-refractivity contribution in [1.82, 2.24) is 19.2 Å². The first kappa shape index (κ1) is 22.6. The Labute approximate surface area is 189 Å². The zero-order chi connectivity index (χ0) is 22.6. The number of piperidine rings is 1. The van der Waals surface area contributed by atoms with E-state index in [1.165, 1.54) is 4.31 Å². The lowest BCUT2D eigenvalue weighted by atomic mass is 10.2. The molecule has 10 heteroatoms. The predicted molar refractivity (Wildman–Crippen MR) is 123 cm³/mol. The normalized spacial score (nSPS) is 19.5. The highest BCUT2D eigenvalue weighted by Gasteiger charge is 2.28. The van der Waals surface area contributed by atoms with Gasteiger partial charge in [0.15, 0.2) is 0 Å². The number of amides is 1. The van der Waals surface area contributed by atoms with Gasteiger partial charge in [0.05, 0.1) is 10.9 Å². The van der Waals surface area contributed by atoms with E-state index in [-0.39, 0.29) is 16.8 Å². The largest absolute Gasteiger partial charge is 0.338 e. The fourth-order valence-electron chi connectivity index (χ4n) is 4.16. The van der Waals surface area contributed by atoms with E-state index in [0.717, 1.165) is 45.4 Å². The van der Waals surface area contributed by atoms with Gasteiger partial charge in [0.1, 0.15) is 0 Å². The zero-order valence-corrected chi connectivity index (χ0v) is 19.2. The zero-order valence-electron chi connectivity index (χ0n) is 18.4. The van der Waals surface area contributed by atoms with E-state index in [9.17, 15) is 13.2 Å². The van der Waals surface area contributed by atoms with E-state index in [4.69, 9.17) is 0 Å². The molecule has 1 aromatic carbocycles. The second kappa shape index (κ2) is 9.93. The number of anilines is 2. The van der Waals surface area contributed by atoms with Crippen molar-refractivity contribution in [3.8, 4) is 0 Å². The van der Waals surface area contributed by atoms with Gasteiger partial charge in [0.25, 0.3) is 0 Å². The molecule has 2 aromatic rings. The van der Waals surface area contributed by atoms with Crippen molar-refractivity contribution in [3.05, 3.63) is 42.7 Å². The number of benzene rings is 1. The topological polar surface area (TPSA) is 98.7 Å². The summed E-state index contributed by atoms with van der Waals surface area (Å²) < 4.78 is 27.4. The van der Waals surface area contributed by atoms with Gasteiger partial charge in [-0.1, -0.05) is 12.5 Å². The van der Waals surface area contributed by atoms with Crippen LogP contribution in [0.2, 0.25) is 0 Å². The molecule has 2 aliphatic heterocycles. The molecule has 2 saturated heterocycles. The van der Waals surface area contributed by atoms with Crippen molar-refractivity contribution in [3.63, 3.8) is 0 Å². The molecular weight excluding hydrogens is 428 g/mol. The SMILES string of the molecule is CC(C(=O)Nc1cccc(S(=O)(=O)N2CCCCC2)c1)N1CCN(c2ncccn2)CC1. The third kappa shape index (κ3) is 5.08. The maximum absolute atomic E-state index is 12.9. The predicted octanol–water partition coefficient (Wildman–Crippen LogP) is 1.80. The van der Waals surface area contributed by atoms with Crippen LogP contribution in [0.5, 0.6) is 0 Å².